The molecule has 0 amide bonds. The molecule has 0 bridgehead atoms. The minimum atomic E-state index is -3.30. The Hall–Kier alpha value is -1.44. The zero-order chi connectivity index (χ0) is 14.8. The summed E-state index contributed by atoms with van der Waals surface area (Å²) in [4.78, 5) is 12.5. The third-order valence-electron chi connectivity index (χ3n) is 3.33. The highest BCUT2D eigenvalue weighted by Gasteiger charge is 2.40. The van der Waals surface area contributed by atoms with Crippen LogP contribution in [0.1, 0.15) is 5.56 Å². The second-order valence-electron chi connectivity index (χ2n) is 5.00. The molecule has 110 valence electrons. The highest BCUT2D eigenvalue weighted by atomic mass is 32.2. The normalized spacial score (nSPS) is 24.9. The fourth-order valence-electron chi connectivity index (χ4n) is 2.44. The Morgan fingerprint density at radius 3 is 2.40 bits per heavy atom. The average molecular weight is 299 g/mol. The number of aliphatic carboxylic acids is 1. The first kappa shape index (κ1) is 15.0. The van der Waals surface area contributed by atoms with Crippen molar-refractivity contribution in [1.29, 1.82) is 0 Å². The number of aliphatic hydroxyl groups excluding tert-OH is 1. The fraction of sp³-hybridized carbons (Fsp3) is 0.462. The molecule has 0 aromatic heterocycles. The molecule has 1 saturated heterocycles. The first-order valence-corrected chi connectivity index (χ1v) is 8.08. The number of hydrogen-bond acceptors (Lipinski definition) is 5. The number of carbonyl (C=O) groups is 1. The van der Waals surface area contributed by atoms with E-state index in [0.717, 1.165) is 5.56 Å². The second-order valence-corrected chi connectivity index (χ2v) is 7.15. The van der Waals surface area contributed by atoms with E-state index in [0.29, 0.717) is 6.54 Å². The van der Waals surface area contributed by atoms with Crippen molar-refractivity contribution in [3.05, 3.63) is 35.9 Å². The maximum Gasteiger partial charge on any atom is 0.317 e. The van der Waals surface area contributed by atoms with Crippen molar-refractivity contribution in [3.8, 4) is 0 Å². The second kappa shape index (κ2) is 5.90. The highest BCUT2D eigenvalue weighted by Crippen LogP contribution is 2.20. The van der Waals surface area contributed by atoms with Gasteiger partial charge in [0, 0.05) is 6.54 Å². The van der Waals surface area contributed by atoms with Gasteiger partial charge in [-0.15, -0.1) is 0 Å². The van der Waals surface area contributed by atoms with E-state index in [-0.39, 0.29) is 18.1 Å². The molecule has 7 heteroatoms. The number of carboxylic acid groups (broad SMARTS) is 1. The molecule has 2 rings (SSSR count). The minimum Gasteiger partial charge on any atom is -0.480 e. The lowest BCUT2D eigenvalue weighted by Crippen LogP contribution is -2.45. The van der Waals surface area contributed by atoms with E-state index in [1.807, 2.05) is 30.3 Å². The van der Waals surface area contributed by atoms with Gasteiger partial charge in [-0.25, -0.2) is 8.42 Å². The van der Waals surface area contributed by atoms with Gasteiger partial charge in [-0.05, 0) is 5.56 Å². The van der Waals surface area contributed by atoms with Crippen molar-refractivity contribution < 1.29 is 23.4 Å². The molecule has 1 aliphatic heterocycles. The SMILES string of the molecule is O=C(O)CN(Cc1ccccc1)[C@@H]1CS(=O)(=O)C[C@H]1O. The summed E-state index contributed by atoms with van der Waals surface area (Å²) >= 11 is 0. The topological polar surface area (TPSA) is 94.9 Å². The first-order chi connectivity index (χ1) is 9.37. The molecule has 20 heavy (non-hydrogen) atoms. The molecule has 0 aliphatic carbocycles. The van der Waals surface area contributed by atoms with Gasteiger partial charge in [0.05, 0.1) is 30.2 Å². The molecule has 1 aromatic rings. The number of benzene rings is 1. The van der Waals surface area contributed by atoms with E-state index in [2.05, 4.69) is 0 Å². The van der Waals surface area contributed by atoms with Crippen LogP contribution in [0.15, 0.2) is 30.3 Å². The minimum absolute atomic E-state index is 0.200. The van der Waals surface area contributed by atoms with Gasteiger partial charge >= 0.3 is 5.97 Å². The van der Waals surface area contributed by atoms with Gasteiger partial charge in [0.15, 0.2) is 9.84 Å². The largest absolute Gasteiger partial charge is 0.480 e. The van der Waals surface area contributed by atoms with Crippen LogP contribution < -0.4 is 0 Å². The predicted octanol–water partition coefficient (Wildman–Crippen LogP) is -0.269. The van der Waals surface area contributed by atoms with E-state index in [1.54, 1.807) is 0 Å². The molecule has 1 aromatic carbocycles. The van der Waals surface area contributed by atoms with Crippen LogP contribution in [-0.4, -0.2) is 59.7 Å². The maximum atomic E-state index is 11.6. The van der Waals surface area contributed by atoms with E-state index in [4.69, 9.17) is 5.11 Å². The third kappa shape index (κ3) is 3.78. The van der Waals surface area contributed by atoms with Crippen LogP contribution in [0.2, 0.25) is 0 Å². The van der Waals surface area contributed by atoms with Crippen LogP contribution in [0.3, 0.4) is 0 Å². The molecule has 0 spiro atoms. The molecule has 2 atom stereocenters. The molecule has 2 N–H and O–H groups in total. The number of aliphatic hydroxyl groups is 1. The summed E-state index contributed by atoms with van der Waals surface area (Å²) < 4.78 is 23.1. The monoisotopic (exact) mass is 299 g/mol. The molecule has 0 saturated carbocycles. The predicted molar refractivity (Wildman–Crippen MR) is 72.9 cm³/mol. The van der Waals surface area contributed by atoms with Crippen LogP contribution >= 0.6 is 0 Å². The Morgan fingerprint density at radius 1 is 1.25 bits per heavy atom. The molecule has 0 unspecified atom stereocenters. The van der Waals surface area contributed by atoms with Gasteiger partial charge in [0.2, 0.25) is 0 Å². The molecular formula is C13H17NO5S. The molecule has 0 radical (unpaired) electrons. The zero-order valence-electron chi connectivity index (χ0n) is 10.8. The molecule has 1 fully saturated rings. The maximum absolute atomic E-state index is 11.6. The van der Waals surface area contributed by atoms with E-state index >= 15 is 0 Å². The van der Waals surface area contributed by atoms with Gasteiger partial charge < -0.3 is 10.2 Å². The lowest BCUT2D eigenvalue weighted by atomic mass is 10.1. The number of rotatable bonds is 5. The summed E-state index contributed by atoms with van der Waals surface area (Å²) in [7, 11) is -3.30. The summed E-state index contributed by atoms with van der Waals surface area (Å²) in [5, 5.41) is 18.8. The number of sulfone groups is 1. The van der Waals surface area contributed by atoms with Crippen LogP contribution in [0.5, 0.6) is 0 Å². The van der Waals surface area contributed by atoms with E-state index in [1.165, 1.54) is 4.90 Å². The lowest BCUT2D eigenvalue weighted by Gasteiger charge is -2.28. The molecule has 6 nitrogen and oxygen atoms in total. The van der Waals surface area contributed by atoms with Gasteiger partial charge in [-0.3, -0.25) is 9.69 Å². The Labute approximate surface area is 117 Å². The lowest BCUT2D eigenvalue weighted by molar-refractivity contribution is -0.139. The van der Waals surface area contributed by atoms with Gasteiger partial charge in [-0.1, -0.05) is 30.3 Å². The van der Waals surface area contributed by atoms with Gasteiger partial charge in [-0.2, -0.15) is 0 Å². The summed E-state index contributed by atoms with van der Waals surface area (Å²) in [6, 6.07) is 8.51. The Kier molecular flexibility index (Phi) is 4.42. The fourth-order valence-corrected chi connectivity index (χ4v) is 4.27. The van der Waals surface area contributed by atoms with Gasteiger partial charge in [0.1, 0.15) is 0 Å². The average Bonchev–Trinajstić information content (AvgIpc) is 2.63. The van der Waals surface area contributed by atoms with Crippen molar-refractivity contribution in [1.82, 2.24) is 4.90 Å². The van der Waals surface area contributed by atoms with Crippen molar-refractivity contribution in [2.45, 2.75) is 18.7 Å². The molecular weight excluding hydrogens is 282 g/mol. The van der Waals surface area contributed by atoms with Crippen molar-refractivity contribution in [2.24, 2.45) is 0 Å². The number of hydrogen-bond donors (Lipinski definition) is 2. The molecule has 1 heterocycles. The van der Waals surface area contributed by atoms with Crippen molar-refractivity contribution >= 4 is 15.8 Å². The first-order valence-electron chi connectivity index (χ1n) is 6.25. The smallest absolute Gasteiger partial charge is 0.317 e. The number of carboxylic acids is 1. The Balaban J connectivity index is 2.18. The highest BCUT2D eigenvalue weighted by molar-refractivity contribution is 7.91. The van der Waals surface area contributed by atoms with Crippen molar-refractivity contribution in [3.63, 3.8) is 0 Å². The van der Waals surface area contributed by atoms with Crippen LogP contribution in [0.4, 0.5) is 0 Å². The quantitative estimate of drug-likeness (QED) is 0.777. The Bertz CT molecular complexity index is 572. The summed E-state index contributed by atoms with van der Waals surface area (Å²) in [6.45, 7) is -0.00344. The van der Waals surface area contributed by atoms with Crippen molar-refractivity contribution in [2.75, 3.05) is 18.1 Å². The van der Waals surface area contributed by atoms with Crippen LogP contribution in [0.25, 0.3) is 0 Å². The van der Waals surface area contributed by atoms with Gasteiger partial charge in [0.25, 0.3) is 0 Å². The number of nitrogens with zero attached hydrogens (tertiary/aromatic N) is 1. The van der Waals surface area contributed by atoms with Crippen LogP contribution in [0, 0.1) is 0 Å². The van der Waals surface area contributed by atoms with E-state index in [9.17, 15) is 18.3 Å². The summed E-state index contributed by atoms with van der Waals surface area (Å²) in [6.07, 6.45) is -1.04. The summed E-state index contributed by atoms with van der Waals surface area (Å²) in [5.41, 5.74) is 0.880. The zero-order valence-corrected chi connectivity index (χ0v) is 11.7. The van der Waals surface area contributed by atoms with Crippen LogP contribution in [-0.2, 0) is 21.2 Å². The molecule has 1 aliphatic rings. The summed E-state index contributed by atoms with van der Waals surface area (Å²) in [5.74, 6) is -1.55. The third-order valence-corrected chi connectivity index (χ3v) is 5.03. The Morgan fingerprint density at radius 2 is 1.90 bits per heavy atom. The standard InChI is InChI=1S/C13H17NO5S/c15-12-9-20(18,19)8-11(12)14(7-13(16)17)6-10-4-2-1-3-5-10/h1-5,11-12,15H,6-9H2,(H,16,17)/t11-,12-/m1/s1. The van der Waals surface area contributed by atoms with E-state index < -0.39 is 28.0 Å².